The molecule has 0 saturated heterocycles. The van der Waals surface area contributed by atoms with Crippen LogP contribution in [0.25, 0.3) is 11.0 Å². The average Bonchev–Trinajstić information content (AvgIpc) is 3.45. The maximum atomic E-state index is 13.7. The van der Waals surface area contributed by atoms with Gasteiger partial charge >= 0.3 is 0 Å². The second kappa shape index (κ2) is 9.10. The van der Waals surface area contributed by atoms with Crippen LogP contribution in [0.1, 0.15) is 39.0 Å². The molecule has 0 spiro atoms. The van der Waals surface area contributed by atoms with E-state index in [4.69, 9.17) is 36.9 Å². The molecule has 7 nitrogen and oxygen atoms in total. The number of carbonyl (C=O) groups is 1. The highest BCUT2D eigenvalue weighted by molar-refractivity contribution is 6.31. The van der Waals surface area contributed by atoms with Crippen molar-refractivity contribution in [3.05, 3.63) is 121 Å². The van der Waals surface area contributed by atoms with Gasteiger partial charge in [-0.2, -0.15) is 0 Å². The summed E-state index contributed by atoms with van der Waals surface area (Å²) in [7, 11) is 0. The first kappa shape index (κ1) is 23.3. The molecule has 37 heavy (non-hydrogen) atoms. The number of hydrogen-bond donors (Lipinski definition) is 0. The van der Waals surface area contributed by atoms with Crippen molar-refractivity contribution in [3.8, 4) is 5.75 Å². The second-order valence-corrected chi connectivity index (χ2v) is 9.48. The Morgan fingerprint density at radius 2 is 1.84 bits per heavy atom. The number of carbonyl (C=O) groups excluding carboxylic acids is 1. The van der Waals surface area contributed by atoms with Crippen LogP contribution in [-0.4, -0.2) is 11.1 Å². The van der Waals surface area contributed by atoms with Gasteiger partial charge in [0.2, 0.25) is 5.76 Å². The van der Waals surface area contributed by atoms with Gasteiger partial charge in [0.25, 0.3) is 5.91 Å². The monoisotopic (exact) mass is 532 g/mol. The Kier molecular flexibility index (Phi) is 5.74. The number of halogens is 2. The van der Waals surface area contributed by atoms with Crippen molar-refractivity contribution in [2.24, 2.45) is 0 Å². The van der Waals surface area contributed by atoms with Crippen LogP contribution in [0.2, 0.25) is 10.0 Å². The van der Waals surface area contributed by atoms with E-state index >= 15 is 0 Å². The molecular weight excluding hydrogens is 515 g/mol. The van der Waals surface area contributed by atoms with Gasteiger partial charge in [-0.3, -0.25) is 14.5 Å². The fourth-order valence-corrected chi connectivity index (χ4v) is 4.88. The van der Waals surface area contributed by atoms with Gasteiger partial charge in [0.15, 0.2) is 11.2 Å². The minimum absolute atomic E-state index is 0.0483. The SMILES string of the molecule is Cc1cc(N2C(=O)c3oc4ccc(Cl)cc4c(=O)c3[C@@H]2c2cccc(OCc3ccccc3Cl)c2)no1. The van der Waals surface area contributed by atoms with Gasteiger partial charge in [0.05, 0.1) is 17.0 Å². The molecule has 0 unspecified atom stereocenters. The first-order chi connectivity index (χ1) is 17.9. The highest BCUT2D eigenvalue weighted by atomic mass is 35.5. The molecule has 5 aromatic rings. The van der Waals surface area contributed by atoms with Crippen molar-refractivity contribution in [2.75, 3.05) is 4.90 Å². The maximum absolute atomic E-state index is 13.7. The summed E-state index contributed by atoms with van der Waals surface area (Å²) in [6.45, 7) is 1.98. The molecule has 1 aliphatic heterocycles. The number of nitrogens with zero attached hydrogens (tertiary/aromatic N) is 2. The molecule has 9 heteroatoms. The number of ether oxygens (including phenoxy) is 1. The van der Waals surface area contributed by atoms with Crippen LogP contribution in [0.5, 0.6) is 5.75 Å². The smallest absolute Gasteiger partial charge is 0.296 e. The number of aryl methyl sites for hydroxylation is 1. The van der Waals surface area contributed by atoms with Gasteiger partial charge in [-0.05, 0) is 48.9 Å². The number of anilines is 1. The third kappa shape index (κ3) is 4.06. The summed E-state index contributed by atoms with van der Waals surface area (Å²) in [6, 6.07) is 20.1. The van der Waals surface area contributed by atoms with E-state index in [1.54, 1.807) is 49.4 Å². The van der Waals surface area contributed by atoms with Crippen molar-refractivity contribution < 1.29 is 18.5 Å². The number of hydrogen-bond acceptors (Lipinski definition) is 6. The predicted octanol–water partition coefficient (Wildman–Crippen LogP) is 6.73. The number of fused-ring (bicyclic) bond motifs is 2. The number of aromatic nitrogens is 1. The maximum Gasteiger partial charge on any atom is 0.296 e. The molecule has 0 N–H and O–H groups in total. The number of amides is 1. The summed E-state index contributed by atoms with van der Waals surface area (Å²) in [6.07, 6.45) is 0. The lowest BCUT2D eigenvalue weighted by molar-refractivity contribution is 0.0969. The minimum atomic E-state index is -0.824. The molecule has 1 atom stereocenters. The fourth-order valence-electron chi connectivity index (χ4n) is 4.51. The van der Waals surface area contributed by atoms with Crippen LogP contribution in [0.15, 0.2) is 86.5 Å². The van der Waals surface area contributed by atoms with Crippen LogP contribution in [0.4, 0.5) is 5.82 Å². The Balaban J connectivity index is 1.48. The highest BCUT2D eigenvalue weighted by Crippen LogP contribution is 2.41. The summed E-state index contributed by atoms with van der Waals surface area (Å²) in [5, 5.41) is 5.32. The van der Waals surface area contributed by atoms with Gasteiger partial charge in [-0.1, -0.05) is 58.7 Å². The van der Waals surface area contributed by atoms with E-state index in [9.17, 15) is 9.59 Å². The molecule has 6 rings (SSSR count). The molecule has 0 radical (unpaired) electrons. The summed E-state index contributed by atoms with van der Waals surface area (Å²) in [5.74, 6) is 0.786. The van der Waals surface area contributed by atoms with Crippen LogP contribution in [0, 0.1) is 6.92 Å². The van der Waals surface area contributed by atoms with Gasteiger partial charge in [0.1, 0.15) is 23.7 Å². The Hall–Kier alpha value is -4.07. The molecule has 0 aliphatic carbocycles. The lowest BCUT2D eigenvalue weighted by Gasteiger charge is -2.23. The molecule has 1 amide bonds. The summed E-state index contributed by atoms with van der Waals surface area (Å²) >= 11 is 12.4. The molecule has 0 fully saturated rings. The lowest BCUT2D eigenvalue weighted by atomic mass is 9.98. The summed E-state index contributed by atoms with van der Waals surface area (Å²) in [4.78, 5) is 28.8. The van der Waals surface area contributed by atoms with Gasteiger partial charge in [-0.15, -0.1) is 0 Å². The Morgan fingerprint density at radius 3 is 2.62 bits per heavy atom. The largest absolute Gasteiger partial charge is 0.489 e. The van der Waals surface area contributed by atoms with Crippen molar-refractivity contribution in [1.29, 1.82) is 0 Å². The van der Waals surface area contributed by atoms with Crippen LogP contribution in [-0.2, 0) is 6.61 Å². The predicted molar refractivity (Wildman–Crippen MR) is 140 cm³/mol. The number of rotatable bonds is 5. The highest BCUT2D eigenvalue weighted by Gasteiger charge is 2.45. The Labute approximate surface area is 220 Å². The van der Waals surface area contributed by atoms with Gasteiger partial charge in [0, 0.05) is 21.7 Å². The fraction of sp³-hybridized carbons (Fsp3) is 0.107. The van der Waals surface area contributed by atoms with Gasteiger partial charge in [-0.25, -0.2) is 0 Å². The second-order valence-electron chi connectivity index (χ2n) is 8.64. The minimum Gasteiger partial charge on any atom is -0.489 e. The lowest BCUT2D eigenvalue weighted by Crippen LogP contribution is -2.29. The third-order valence-corrected chi connectivity index (χ3v) is 6.82. The standard InChI is InChI=1S/C28H18Cl2N2O5/c1-15-11-23(31-37-15)32-25(16-6-4-7-19(12-16)35-14-17-5-2-3-8-21(17)30)24-26(33)20-13-18(29)9-10-22(20)36-27(24)28(32)34/h2-13,25H,14H2,1H3/t25-/m0/s1. The quantitative estimate of drug-likeness (QED) is 0.249. The van der Waals surface area contributed by atoms with E-state index in [1.165, 1.54) is 11.0 Å². The number of benzene rings is 3. The molecule has 3 aromatic carbocycles. The average molecular weight is 533 g/mol. The molecular formula is C28H18Cl2N2O5. The molecule has 3 heterocycles. The molecule has 2 aromatic heterocycles. The first-order valence-electron chi connectivity index (χ1n) is 11.4. The topological polar surface area (TPSA) is 85.8 Å². The Bertz CT molecular complexity index is 1740. The van der Waals surface area contributed by atoms with E-state index in [1.807, 2.05) is 24.3 Å². The molecule has 0 bridgehead atoms. The van der Waals surface area contributed by atoms with Crippen LogP contribution >= 0.6 is 23.2 Å². The molecule has 1 aliphatic rings. The van der Waals surface area contributed by atoms with Crippen molar-refractivity contribution >= 4 is 45.9 Å². The first-order valence-corrected chi connectivity index (χ1v) is 12.2. The zero-order chi connectivity index (χ0) is 25.7. The summed E-state index contributed by atoms with van der Waals surface area (Å²) in [5.41, 5.74) is 1.60. The Morgan fingerprint density at radius 1 is 1.00 bits per heavy atom. The van der Waals surface area contributed by atoms with Gasteiger partial charge < -0.3 is 13.7 Å². The van der Waals surface area contributed by atoms with E-state index in [2.05, 4.69) is 5.16 Å². The zero-order valence-electron chi connectivity index (χ0n) is 19.4. The van der Waals surface area contributed by atoms with Crippen molar-refractivity contribution in [2.45, 2.75) is 19.6 Å². The zero-order valence-corrected chi connectivity index (χ0v) is 20.9. The van der Waals surface area contributed by atoms with Crippen LogP contribution < -0.4 is 15.1 Å². The van der Waals surface area contributed by atoms with E-state index in [0.29, 0.717) is 27.1 Å². The normalized spacial score (nSPS) is 14.8. The molecule has 184 valence electrons. The third-order valence-electron chi connectivity index (χ3n) is 6.22. The van der Waals surface area contributed by atoms with E-state index < -0.39 is 11.9 Å². The van der Waals surface area contributed by atoms with Crippen molar-refractivity contribution in [3.63, 3.8) is 0 Å². The van der Waals surface area contributed by atoms with Crippen LogP contribution in [0.3, 0.4) is 0 Å². The van der Waals surface area contributed by atoms with E-state index in [-0.39, 0.29) is 40.1 Å². The van der Waals surface area contributed by atoms with Crippen molar-refractivity contribution in [1.82, 2.24) is 5.16 Å². The summed E-state index contributed by atoms with van der Waals surface area (Å²) < 4.78 is 17.2. The molecule has 0 saturated carbocycles. The van der Waals surface area contributed by atoms with E-state index in [0.717, 1.165) is 5.56 Å².